The van der Waals surface area contributed by atoms with E-state index in [1.807, 2.05) is 0 Å². The molecule has 2 aromatic rings. The van der Waals surface area contributed by atoms with E-state index in [0.29, 0.717) is 23.2 Å². The van der Waals surface area contributed by atoms with Crippen LogP contribution in [0.2, 0.25) is 0 Å². The number of nitrogens with zero attached hydrogens (tertiary/aromatic N) is 2. The van der Waals surface area contributed by atoms with Gasteiger partial charge in [0.2, 0.25) is 0 Å². The van der Waals surface area contributed by atoms with Gasteiger partial charge in [-0.3, -0.25) is 5.32 Å². The van der Waals surface area contributed by atoms with Crippen LogP contribution >= 0.6 is 0 Å². The quantitative estimate of drug-likeness (QED) is 0.862. The van der Waals surface area contributed by atoms with Crippen molar-refractivity contribution in [2.75, 3.05) is 11.9 Å². The van der Waals surface area contributed by atoms with Gasteiger partial charge in [-0.05, 0) is 58.2 Å². The van der Waals surface area contributed by atoms with E-state index in [2.05, 4.69) is 10.4 Å². The van der Waals surface area contributed by atoms with Crippen LogP contribution in [0.4, 0.5) is 10.5 Å². The number of carbonyl (C=O) groups is 2. The fraction of sp³-hybridized carbons (Fsp3) is 0.500. The summed E-state index contributed by atoms with van der Waals surface area (Å²) in [6.07, 6.45) is 1.91. The van der Waals surface area contributed by atoms with Crippen molar-refractivity contribution in [1.29, 1.82) is 0 Å². The van der Waals surface area contributed by atoms with Gasteiger partial charge in [0.05, 0.1) is 5.52 Å². The Morgan fingerprint density at radius 1 is 1.35 bits per heavy atom. The Morgan fingerprint density at radius 2 is 2.12 bits per heavy atom. The molecule has 1 aromatic heterocycles. The van der Waals surface area contributed by atoms with Gasteiger partial charge in [-0.2, -0.15) is 5.10 Å². The second-order valence-corrected chi connectivity index (χ2v) is 7.28. The molecule has 0 aliphatic carbocycles. The number of aromatic nitrogens is 2. The minimum absolute atomic E-state index is 0.0676. The molecular formula is C18H23N3O5. The fourth-order valence-electron chi connectivity index (χ4n) is 2.93. The Bertz CT molecular complexity index is 831. The minimum atomic E-state index is -1.13. The molecule has 0 bridgehead atoms. The zero-order chi connectivity index (χ0) is 18.9. The van der Waals surface area contributed by atoms with Crippen molar-refractivity contribution in [2.24, 2.45) is 0 Å². The molecule has 0 radical (unpaired) electrons. The number of ether oxygens (including phenoxy) is 2. The Labute approximate surface area is 151 Å². The predicted octanol–water partition coefficient (Wildman–Crippen LogP) is 3.78. The first kappa shape index (κ1) is 18.2. The highest BCUT2D eigenvalue weighted by Gasteiger charge is 2.24. The molecular weight excluding hydrogens is 338 g/mol. The van der Waals surface area contributed by atoms with Gasteiger partial charge in [-0.15, -0.1) is 0 Å². The molecule has 2 heterocycles. The average molecular weight is 361 g/mol. The summed E-state index contributed by atoms with van der Waals surface area (Å²) in [7, 11) is 0. The average Bonchev–Trinajstić information content (AvgIpc) is 2.93. The third-order valence-electron chi connectivity index (χ3n) is 3.98. The second-order valence-electron chi connectivity index (χ2n) is 7.28. The van der Waals surface area contributed by atoms with Crippen LogP contribution in [0.3, 0.4) is 0 Å². The summed E-state index contributed by atoms with van der Waals surface area (Å²) in [6.45, 7) is 5.94. The fourth-order valence-corrected chi connectivity index (χ4v) is 2.93. The van der Waals surface area contributed by atoms with E-state index in [1.54, 1.807) is 43.7 Å². The first-order valence-electron chi connectivity index (χ1n) is 8.62. The molecule has 1 aliphatic heterocycles. The molecule has 2 N–H and O–H groups in total. The van der Waals surface area contributed by atoms with Crippen LogP contribution in [0.1, 0.15) is 56.8 Å². The Morgan fingerprint density at radius 3 is 2.73 bits per heavy atom. The van der Waals surface area contributed by atoms with Crippen molar-refractivity contribution in [3.05, 3.63) is 23.9 Å². The third-order valence-corrected chi connectivity index (χ3v) is 3.98. The maximum Gasteiger partial charge on any atom is 0.412 e. The summed E-state index contributed by atoms with van der Waals surface area (Å²) in [4.78, 5) is 23.5. The van der Waals surface area contributed by atoms with Crippen molar-refractivity contribution in [3.63, 3.8) is 0 Å². The first-order valence-corrected chi connectivity index (χ1v) is 8.62. The number of nitrogens with one attached hydrogen (secondary N) is 1. The molecule has 1 unspecified atom stereocenters. The van der Waals surface area contributed by atoms with Crippen molar-refractivity contribution in [2.45, 2.75) is 51.9 Å². The molecule has 140 valence electrons. The SMILES string of the molecule is CC(C)(C)OC(=O)Nc1ccc2c(c1)c(C(=O)O)nn2C1CCCCO1. The number of carboxylic acid groups (broad SMARTS) is 1. The number of carboxylic acids is 1. The number of fused-ring (bicyclic) bond motifs is 1. The lowest BCUT2D eigenvalue weighted by atomic mass is 10.1. The largest absolute Gasteiger partial charge is 0.476 e. The van der Waals surface area contributed by atoms with Crippen molar-refractivity contribution < 1.29 is 24.2 Å². The van der Waals surface area contributed by atoms with E-state index in [9.17, 15) is 14.7 Å². The van der Waals surface area contributed by atoms with Crippen LogP contribution in [-0.4, -0.2) is 39.2 Å². The van der Waals surface area contributed by atoms with E-state index >= 15 is 0 Å². The highest BCUT2D eigenvalue weighted by molar-refractivity contribution is 6.03. The maximum atomic E-state index is 11.9. The smallest absolute Gasteiger partial charge is 0.412 e. The Kier molecular flexibility index (Phi) is 4.86. The van der Waals surface area contributed by atoms with E-state index < -0.39 is 17.7 Å². The van der Waals surface area contributed by atoms with Gasteiger partial charge in [0, 0.05) is 17.7 Å². The summed E-state index contributed by atoms with van der Waals surface area (Å²) in [5, 5.41) is 16.8. The van der Waals surface area contributed by atoms with Crippen LogP contribution in [0.25, 0.3) is 10.9 Å². The number of anilines is 1. The predicted molar refractivity (Wildman–Crippen MR) is 95.4 cm³/mol. The molecule has 1 saturated heterocycles. The highest BCUT2D eigenvalue weighted by atomic mass is 16.6. The maximum absolute atomic E-state index is 11.9. The van der Waals surface area contributed by atoms with Crippen LogP contribution in [-0.2, 0) is 9.47 Å². The summed E-state index contributed by atoms with van der Waals surface area (Å²) < 4.78 is 12.6. The molecule has 8 nitrogen and oxygen atoms in total. The number of rotatable bonds is 3. The molecule has 3 rings (SSSR count). The van der Waals surface area contributed by atoms with Crippen molar-refractivity contribution in [3.8, 4) is 0 Å². The second kappa shape index (κ2) is 6.95. The van der Waals surface area contributed by atoms with E-state index in [0.717, 1.165) is 19.3 Å². The molecule has 8 heteroatoms. The summed E-state index contributed by atoms with van der Waals surface area (Å²) in [5.41, 5.74) is 0.410. The van der Waals surface area contributed by atoms with Gasteiger partial charge in [-0.25, -0.2) is 14.3 Å². The standard InChI is InChI=1S/C18H23N3O5/c1-18(2,3)26-17(24)19-11-7-8-13-12(10-11)15(16(22)23)20-21(13)14-6-4-5-9-25-14/h7-8,10,14H,4-6,9H2,1-3H3,(H,19,24)(H,22,23). The van der Waals surface area contributed by atoms with Gasteiger partial charge >= 0.3 is 12.1 Å². The molecule has 1 aliphatic rings. The van der Waals surface area contributed by atoms with Gasteiger partial charge in [0.25, 0.3) is 0 Å². The van der Waals surface area contributed by atoms with Crippen molar-refractivity contribution >= 4 is 28.7 Å². The Balaban J connectivity index is 1.94. The Hall–Kier alpha value is -2.61. The lowest BCUT2D eigenvalue weighted by Crippen LogP contribution is -2.27. The highest BCUT2D eigenvalue weighted by Crippen LogP contribution is 2.30. The normalized spacial score (nSPS) is 17.9. The van der Waals surface area contributed by atoms with Gasteiger partial charge < -0.3 is 14.6 Å². The number of benzene rings is 1. The number of amides is 1. The number of hydrogen-bond donors (Lipinski definition) is 2. The lowest BCUT2D eigenvalue weighted by Gasteiger charge is -2.23. The molecule has 26 heavy (non-hydrogen) atoms. The monoisotopic (exact) mass is 361 g/mol. The van der Waals surface area contributed by atoms with Gasteiger partial charge in [0.1, 0.15) is 5.60 Å². The van der Waals surface area contributed by atoms with Crippen LogP contribution in [0, 0.1) is 0 Å². The van der Waals surface area contributed by atoms with E-state index in [-0.39, 0.29) is 11.9 Å². The van der Waals surface area contributed by atoms with Crippen LogP contribution < -0.4 is 5.32 Å². The van der Waals surface area contributed by atoms with Gasteiger partial charge in [0.15, 0.2) is 11.9 Å². The third kappa shape index (κ3) is 3.96. The first-order chi connectivity index (χ1) is 12.2. The number of carbonyl (C=O) groups excluding carboxylic acids is 1. The van der Waals surface area contributed by atoms with E-state index in [1.165, 1.54) is 0 Å². The lowest BCUT2D eigenvalue weighted by molar-refractivity contribution is -0.0368. The molecule has 1 amide bonds. The summed E-state index contributed by atoms with van der Waals surface area (Å²) in [5.74, 6) is -1.13. The summed E-state index contributed by atoms with van der Waals surface area (Å²) in [6, 6.07) is 5.02. The molecule has 1 fully saturated rings. The topological polar surface area (TPSA) is 103 Å². The zero-order valence-corrected chi connectivity index (χ0v) is 15.1. The number of aromatic carboxylic acids is 1. The molecule has 0 spiro atoms. The van der Waals surface area contributed by atoms with Crippen LogP contribution in [0.5, 0.6) is 0 Å². The molecule has 1 atom stereocenters. The van der Waals surface area contributed by atoms with Crippen LogP contribution in [0.15, 0.2) is 18.2 Å². The van der Waals surface area contributed by atoms with Crippen molar-refractivity contribution in [1.82, 2.24) is 9.78 Å². The summed E-state index contributed by atoms with van der Waals surface area (Å²) >= 11 is 0. The zero-order valence-electron chi connectivity index (χ0n) is 15.1. The molecule has 1 aromatic carbocycles. The van der Waals surface area contributed by atoms with Gasteiger partial charge in [-0.1, -0.05) is 0 Å². The minimum Gasteiger partial charge on any atom is -0.476 e. The van der Waals surface area contributed by atoms with E-state index in [4.69, 9.17) is 9.47 Å². The number of hydrogen-bond acceptors (Lipinski definition) is 5. The molecule has 0 saturated carbocycles.